The Bertz CT molecular complexity index is 1630. The maximum atomic E-state index is 13.6. The number of para-hydroxylation sites is 2. The SMILES string of the molecule is COc1ccc(-c2nc(SCC(=O)n3c4ccccc4c4ccccc43)[nH]c2-c2ccc(OC)cc2)cc1. The molecule has 0 spiro atoms. The predicted octanol–water partition coefficient (Wildman–Crippen LogP) is 7.30. The molecule has 2 aromatic heterocycles. The third kappa shape index (κ3) is 4.31. The van der Waals surface area contributed by atoms with Gasteiger partial charge in [0.1, 0.15) is 11.5 Å². The number of thioether (sulfide) groups is 1. The van der Waals surface area contributed by atoms with Crippen LogP contribution in [-0.2, 0) is 0 Å². The van der Waals surface area contributed by atoms with Gasteiger partial charge in [-0.1, -0.05) is 48.2 Å². The molecule has 0 atom stereocenters. The summed E-state index contributed by atoms with van der Waals surface area (Å²) in [5, 5.41) is 2.82. The minimum Gasteiger partial charge on any atom is -0.497 e. The number of carbonyl (C=O) groups is 1. The molecule has 4 aromatic carbocycles. The van der Waals surface area contributed by atoms with Crippen LogP contribution in [-0.4, -0.2) is 40.4 Å². The number of hydrogen-bond acceptors (Lipinski definition) is 5. The summed E-state index contributed by atoms with van der Waals surface area (Å²) in [7, 11) is 3.30. The van der Waals surface area contributed by atoms with Crippen molar-refractivity contribution in [3.63, 3.8) is 0 Å². The second-order valence-electron chi connectivity index (χ2n) is 8.77. The minimum absolute atomic E-state index is 0.000736. The summed E-state index contributed by atoms with van der Waals surface area (Å²) in [6.07, 6.45) is 0. The first-order chi connectivity index (χ1) is 18.7. The van der Waals surface area contributed by atoms with E-state index in [-0.39, 0.29) is 11.7 Å². The molecule has 0 fully saturated rings. The van der Waals surface area contributed by atoms with Crippen LogP contribution in [0.2, 0.25) is 0 Å². The smallest absolute Gasteiger partial charge is 0.242 e. The first kappa shape index (κ1) is 23.9. The molecule has 1 N–H and O–H groups in total. The first-order valence-corrected chi connectivity index (χ1v) is 13.2. The number of hydrogen-bond donors (Lipinski definition) is 1. The highest BCUT2D eigenvalue weighted by molar-refractivity contribution is 7.99. The Hall–Kier alpha value is -4.49. The van der Waals surface area contributed by atoms with Gasteiger partial charge in [-0.2, -0.15) is 0 Å². The van der Waals surface area contributed by atoms with E-state index >= 15 is 0 Å². The van der Waals surface area contributed by atoms with E-state index in [1.165, 1.54) is 11.8 Å². The fraction of sp³-hybridized carbons (Fsp3) is 0.0968. The van der Waals surface area contributed by atoms with Crippen LogP contribution in [0.1, 0.15) is 4.79 Å². The molecule has 188 valence electrons. The topological polar surface area (TPSA) is 69.1 Å². The highest BCUT2D eigenvalue weighted by atomic mass is 32.2. The molecule has 0 unspecified atom stereocenters. The van der Waals surface area contributed by atoms with Crippen LogP contribution < -0.4 is 9.47 Å². The molecule has 0 radical (unpaired) electrons. The van der Waals surface area contributed by atoms with E-state index < -0.39 is 0 Å². The van der Waals surface area contributed by atoms with Gasteiger partial charge in [-0.15, -0.1) is 0 Å². The largest absolute Gasteiger partial charge is 0.497 e. The van der Waals surface area contributed by atoms with Crippen LogP contribution in [0.15, 0.2) is 102 Å². The van der Waals surface area contributed by atoms with Crippen LogP contribution in [0.4, 0.5) is 0 Å². The molecular formula is C31H25N3O3S. The number of benzene rings is 4. The predicted molar refractivity (Wildman–Crippen MR) is 153 cm³/mol. The number of aromatic amines is 1. The summed E-state index contributed by atoms with van der Waals surface area (Å²) in [5.74, 6) is 1.80. The standard InChI is InChI=1S/C31H25N3O3S/c1-36-22-15-11-20(12-16-22)29-30(21-13-17-23(37-2)18-14-21)33-31(32-29)38-19-28(35)34-26-9-5-3-7-24(26)25-8-4-6-10-27(25)34/h3-18H,19H2,1-2H3,(H,32,33). The van der Waals surface area contributed by atoms with Crippen molar-refractivity contribution >= 4 is 39.5 Å². The van der Waals surface area contributed by atoms with Crippen molar-refractivity contribution in [2.45, 2.75) is 5.16 Å². The Labute approximate surface area is 224 Å². The summed E-state index contributed by atoms with van der Waals surface area (Å²) < 4.78 is 12.5. The lowest BCUT2D eigenvalue weighted by Gasteiger charge is -2.06. The van der Waals surface area contributed by atoms with Crippen LogP contribution in [0.5, 0.6) is 11.5 Å². The number of H-pyrrole nitrogens is 1. The monoisotopic (exact) mass is 519 g/mol. The van der Waals surface area contributed by atoms with E-state index in [4.69, 9.17) is 14.5 Å². The highest BCUT2D eigenvalue weighted by Crippen LogP contribution is 2.35. The number of ether oxygens (including phenoxy) is 2. The molecule has 7 heteroatoms. The summed E-state index contributed by atoms with van der Waals surface area (Å²) in [5.41, 5.74) is 5.44. The quantitative estimate of drug-likeness (QED) is 0.224. The second kappa shape index (κ2) is 10.1. The summed E-state index contributed by atoms with van der Waals surface area (Å²) >= 11 is 1.40. The molecule has 0 aliphatic rings. The van der Waals surface area contributed by atoms with Crippen LogP contribution >= 0.6 is 11.8 Å². The van der Waals surface area contributed by atoms with Crippen molar-refractivity contribution in [1.29, 1.82) is 0 Å². The molecule has 6 nitrogen and oxygen atoms in total. The molecule has 2 heterocycles. The molecule has 0 amide bonds. The van der Waals surface area contributed by atoms with Gasteiger partial charge in [-0.3, -0.25) is 9.36 Å². The zero-order chi connectivity index (χ0) is 26.1. The number of fused-ring (bicyclic) bond motifs is 3. The Balaban J connectivity index is 1.34. The summed E-state index contributed by atoms with van der Waals surface area (Å²) in [4.78, 5) is 21.9. The maximum Gasteiger partial charge on any atom is 0.242 e. The van der Waals surface area contributed by atoms with Gasteiger partial charge in [0.05, 0.1) is 42.4 Å². The number of nitrogens with zero attached hydrogens (tertiary/aromatic N) is 2. The Morgan fingerprint density at radius 1 is 0.763 bits per heavy atom. The highest BCUT2D eigenvalue weighted by Gasteiger charge is 2.19. The van der Waals surface area contributed by atoms with Crippen molar-refractivity contribution in [2.75, 3.05) is 20.0 Å². The van der Waals surface area contributed by atoms with Crippen LogP contribution in [0.25, 0.3) is 44.3 Å². The fourth-order valence-corrected chi connectivity index (χ4v) is 5.45. The van der Waals surface area contributed by atoms with Gasteiger partial charge >= 0.3 is 0 Å². The van der Waals surface area contributed by atoms with Gasteiger partial charge in [0.15, 0.2) is 5.16 Å². The van der Waals surface area contributed by atoms with Gasteiger partial charge < -0.3 is 14.5 Å². The lowest BCUT2D eigenvalue weighted by molar-refractivity contribution is 0.0951. The number of imidazole rings is 1. The van der Waals surface area contributed by atoms with Gasteiger partial charge in [0, 0.05) is 21.9 Å². The van der Waals surface area contributed by atoms with Crippen molar-refractivity contribution in [3.05, 3.63) is 97.1 Å². The van der Waals surface area contributed by atoms with E-state index in [2.05, 4.69) is 17.1 Å². The number of nitrogens with one attached hydrogen (secondary N) is 1. The molecule has 38 heavy (non-hydrogen) atoms. The van der Waals surface area contributed by atoms with Crippen molar-refractivity contribution in [1.82, 2.24) is 14.5 Å². The first-order valence-electron chi connectivity index (χ1n) is 12.2. The van der Waals surface area contributed by atoms with E-state index in [9.17, 15) is 4.79 Å². The van der Waals surface area contributed by atoms with Crippen molar-refractivity contribution in [2.24, 2.45) is 0 Å². The number of carbonyl (C=O) groups excluding carboxylic acids is 1. The maximum absolute atomic E-state index is 13.6. The molecule has 0 bridgehead atoms. The van der Waals surface area contributed by atoms with E-state index in [1.807, 2.05) is 89.5 Å². The number of rotatable bonds is 7. The van der Waals surface area contributed by atoms with Gasteiger partial charge in [0.25, 0.3) is 0 Å². The number of methoxy groups -OCH3 is 2. The lowest BCUT2D eigenvalue weighted by atomic mass is 10.0. The lowest BCUT2D eigenvalue weighted by Crippen LogP contribution is -2.12. The van der Waals surface area contributed by atoms with Crippen LogP contribution in [0.3, 0.4) is 0 Å². The third-order valence-corrected chi connectivity index (χ3v) is 7.44. The average Bonchev–Trinajstić information content (AvgIpc) is 3.56. The molecular weight excluding hydrogens is 494 g/mol. The van der Waals surface area contributed by atoms with Crippen molar-refractivity contribution < 1.29 is 14.3 Å². The van der Waals surface area contributed by atoms with Gasteiger partial charge in [0.2, 0.25) is 5.91 Å². The zero-order valence-electron chi connectivity index (χ0n) is 21.0. The Morgan fingerprint density at radius 2 is 1.29 bits per heavy atom. The molecule has 0 saturated heterocycles. The normalized spacial score (nSPS) is 11.2. The zero-order valence-corrected chi connectivity index (χ0v) is 21.8. The molecule has 0 aliphatic carbocycles. The second-order valence-corrected chi connectivity index (χ2v) is 9.74. The molecule has 0 saturated carbocycles. The fourth-order valence-electron chi connectivity index (χ4n) is 4.73. The molecule has 6 aromatic rings. The Morgan fingerprint density at radius 3 is 1.84 bits per heavy atom. The summed E-state index contributed by atoms with van der Waals surface area (Å²) in [6.45, 7) is 0. The van der Waals surface area contributed by atoms with E-state index in [1.54, 1.807) is 14.2 Å². The Kier molecular flexibility index (Phi) is 6.35. The van der Waals surface area contributed by atoms with Crippen LogP contribution in [0, 0.1) is 0 Å². The van der Waals surface area contributed by atoms with Gasteiger partial charge in [-0.25, -0.2) is 4.98 Å². The third-order valence-electron chi connectivity index (χ3n) is 6.59. The van der Waals surface area contributed by atoms with E-state index in [0.29, 0.717) is 5.16 Å². The molecule has 6 rings (SSSR count). The summed E-state index contributed by atoms with van der Waals surface area (Å²) in [6, 6.07) is 31.7. The van der Waals surface area contributed by atoms with E-state index in [0.717, 1.165) is 55.8 Å². The van der Waals surface area contributed by atoms with Crippen molar-refractivity contribution in [3.8, 4) is 34.0 Å². The van der Waals surface area contributed by atoms with Gasteiger partial charge in [-0.05, 0) is 60.7 Å². The molecule has 0 aliphatic heterocycles. The minimum atomic E-state index is 0.000736. The number of aromatic nitrogens is 3. The average molecular weight is 520 g/mol.